The number of amides is 1. The zero-order valence-corrected chi connectivity index (χ0v) is 18.3. The summed E-state index contributed by atoms with van der Waals surface area (Å²) in [5, 5.41) is 0. The number of hydrogen-bond donors (Lipinski definition) is 0. The van der Waals surface area contributed by atoms with E-state index >= 15 is 0 Å². The fourth-order valence-corrected chi connectivity index (χ4v) is 3.69. The first kappa shape index (κ1) is 21.8. The van der Waals surface area contributed by atoms with Gasteiger partial charge in [-0.05, 0) is 60.5 Å². The molecule has 1 saturated heterocycles. The fourth-order valence-electron chi connectivity index (χ4n) is 3.69. The number of aromatic nitrogens is 1. The van der Waals surface area contributed by atoms with Crippen LogP contribution >= 0.6 is 0 Å². The van der Waals surface area contributed by atoms with Crippen LogP contribution in [0.3, 0.4) is 0 Å². The van der Waals surface area contributed by atoms with Crippen LogP contribution in [0.5, 0.6) is 11.5 Å². The molecule has 1 aliphatic rings. The zero-order valence-electron chi connectivity index (χ0n) is 18.3. The maximum Gasteiger partial charge on any atom is 0.254 e. The molecular weight excluding hydrogens is 404 g/mol. The predicted molar refractivity (Wildman–Crippen MR) is 122 cm³/mol. The lowest BCUT2D eigenvalue weighted by Crippen LogP contribution is -2.30. The molecule has 4 rings (SSSR count). The number of pyridine rings is 1. The third-order valence-corrected chi connectivity index (χ3v) is 5.48. The smallest absolute Gasteiger partial charge is 0.254 e. The molecule has 0 spiro atoms. The van der Waals surface area contributed by atoms with E-state index in [0.717, 1.165) is 42.4 Å². The maximum absolute atomic E-state index is 13.4. The van der Waals surface area contributed by atoms with Crippen molar-refractivity contribution in [2.24, 2.45) is 5.92 Å². The van der Waals surface area contributed by atoms with Crippen LogP contribution in [0.1, 0.15) is 28.0 Å². The molecule has 0 radical (unpaired) electrons. The van der Waals surface area contributed by atoms with Crippen molar-refractivity contribution in [2.75, 3.05) is 26.9 Å². The van der Waals surface area contributed by atoms with Crippen molar-refractivity contribution < 1.29 is 19.0 Å². The number of methoxy groups -OCH3 is 1. The van der Waals surface area contributed by atoms with E-state index < -0.39 is 0 Å². The van der Waals surface area contributed by atoms with Gasteiger partial charge in [-0.3, -0.25) is 9.78 Å². The van der Waals surface area contributed by atoms with E-state index in [-0.39, 0.29) is 5.91 Å². The number of carbonyl (C=O) groups excluding carboxylic acids is 1. The van der Waals surface area contributed by atoms with E-state index in [2.05, 4.69) is 4.98 Å². The van der Waals surface area contributed by atoms with Crippen molar-refractivity contribution in [1.29, 1.82) is 0 Å². The number of nitrogens with zero attached hydrogens (tertiary/aromatic N) is 2. The van der Waals surface area contributed by atoms with E-state index in [0.29, 0.717) is 31.2 Å². The monoisotopic (exact) mass is 432 g/mol. The van der Waals surface area contributed by atoms with Gasteiger partial charge in [0, 0.05) is 30.8 Å². The average molecular weight is 433 g/mol. The molecule has 32 heavy (non-hydrogen) atoms. The first-order valence-corrected chi connectivity index (χ1v) is 10.8. The summed E-state index contributed by atoms with van der Waals surface area (Å²) in [6.07, 6.45) is 2.78. The summed E-state index contributed by atoms with van der Waals surface area (Å²) in [6.45, 7) is 3.07. The summed E-state index contributed by atoms with van der Waals surface area (Å²) in [6, 6.07) is 20.8. The number of benzene rings is 2. The number of rotatable bonds is 9. The minimum atomic E-state index is -0.0623. The fraction of sp³-hybridized carbons (Fsp3) is 0.308. The van der Waals surface area contributed by atoms with Crippen LogP contribution in [-0.4, -0.2) is 42.7 Å². The normalized spacial score (nSPS) is 15.3. The van der Waals surface area contributed by atoms with Gasteiger partial charge in [-0.15, -0.1) is 0 Å². The van der Waals surface area contributed by atoms with Crippen LogP contribution in [0.4, 0.5) is 0 Å². The predicted octanol–water partition coefficient (Wildman–Crippen LogP) is 4.35. The van der Waals surface area contributed by atoms with Crippen LogP contribution in [0, 0.1) is 5.92 Å². The summed E-state index contributed by atoms with van der Waals surface area (Å²) in [5.74, 6) is 1.91. The van der Waals surface area contributed by atoms with E-state index in [1.165, 1.54) is 0 Å². The average Bonchev–Trinajstić information content (AvgIpc) is 3.37. The first-order valence-electron chi connectivity index (χ1n) is 10.8. The Morgan fingerprint density at radius 2 is 1.94 bits per heavy atom. The third-order valence-electron chi connectivity index (χ3n) is 5.48. The summed E-state index contributed by atoms with van der Waals surface area (Å²) in [5.41, 5.74) is 2.45. The van der Waals surface area contributed by atoms with Crippen molar-refractivity contribution in [3.8, 4) is 11.5 Å². The zero-order chi connectivity index (χ0) is 22.2. The summed E-state index contributed by atoms with van der Waals surface area (Å²) in [7, 11) is 1.61. The summed E-state index contributed by atoms with van der Waals surface area (Å²) >= 11 is 0. The second kappa shape index (κ2) is 10.8. The lowest BCUT2D eigenvalue weighted by molar-refractivity contribution is 0.0727. The molecule has 0 N–H and O–H groups in total. The Kier molecular flexibility index (Phi) is 7.35. The van der Waals surface area contributed by atoms with Gasteiger partial charge in [-0.2, -0.15) is 0 Å². The molecule has 0 saturated carbocycles. The molecule has 1 aliphatic heterocycles. The van der Waals surface area contributed by atoms with Gasteiger partial charge in [0.2, 0.25) is 0 Å². The van der Waals surface area contributed by atoms with E-state index in [4.69, 9.17) is 14.2 Å². The van der Waals surface area contributed by atoms with Crippen LogP contribution in [0.25, 0.3) is 0 Å². The Labute approximate surface area is 188 Å². The molecule has 0 bridgehead atoms. The van der Waals surface area contributed by atoms with Gasteiger partial charge < -0.3 is 19.1 Å². The molecule has 6 nitrogen and oxygen atoms in total. The molecule has 1 amide bonds. The van der Waals surface area contributed by atoms with Crippen LogP contribution < -0.4 is 9.47 Å². The highest BCUT2D eigenvalue weighted by Gasteiger charge is 2.19. The molecule has 1 atom stereocenters. The van der Waals surface area contributed by atoms with Gasteiger partial charge in [0.05, 0.1) is 32.6 Å². The van der Waals surface area contributed by atoms with Crippen molar-refractivity contribution in [3.63, 3.8) is 0 Å². The molecule has 1 fully saturated rings. The molecular formula is C26H28N2O4. The third kappa shape index (κ3) is 5.86. The Hall–Kier alpha value is -3.38. The van der Waals surface area contributed by atoms with E-state index in [1.807, 2.05) is 42.5 Å². The highest BCUT2D eigenvalue weighted by atomic mass is 16.5. The molecule has 0 aliphatic carbocycles. The minimum Gasteiger partial charge on any atom is -0.497 e. The van der Waals surface area contributed by atoms with Crippen molar-refractivity contribution in [2.45, 2.75) is 19.5 Å². The van der Waals surface area contributed by atoms with Gasteiger partial charge in [0.1, 0.15) is 11.5 Å². The van der Waals surface area contributed by atoms with Crippen molar-refractivity contribution in [1.82, 2.24) is 9.88 Å². The Morgan fingerprint density at radius 1 is 1.06 bits per heavy atom. The standard InChI is InChI=1S/C26H28N2O4/c1-30-24-10-8-22(9-11-24)26(29)28(17-23-6-2-3-13-27-23)16-20-5-4-7-25(15-20)32-19-21-12-14-31-18-21/h2-11,13,15,21H,12,14,16-19H2,1H3. The van der Waals surface area contributed by atoms with Gasteiger partial charge in [-0.25, -0.2) is 0 Å². The largest absolute Gasteiger partial charge is 0.497 e. The SMILES string of the molecule is COc1ccc(C(=O)N(Cc2cccc(OCC3CCOC3)c2)Cc2ccccn2)cc1. The molecule has 1 unspecified atom stereocenters. The Morgan fingerprint density at radius 3 is 2.66 bits per heavy atom. The van der Waals surface area contributed by atoms with Gasteiger partial charge >= 0.3 is 0 Å². The molecule has 3 aromatic rings. The van der Waals surface area contributed by atoms with Crippen LogP contribution in [-0.2, 0) is 17.8 Å². The lowest BCUT2D eigenvalue weighted by atomic mass is 10.1. The van der Waals surface area contributed by atoms with Gasteiger partial charge in [-0.1, -0.05) is 18.2 Å². The topological polar surface area (TPSA) is 60.9 Å². The molecule has 166 valence electrons. The summed E-state index contributed by atoms with van der Waals surface area (Å²) < 4.78 is 16.6. The summed E-state index contributed by atoms with van der Waals surface area (Å²) in [4.78, 5) is 19.6. The van der Waals surface area contributed by atoms with Crippen molar-refractivity contribution >= 4 is 5.91 Å². The van der Waals surface area contributed by atoms with Crippen LogP contribution in [0.2, 0.25) is 0 Å². The van der Waals surface area contributed by atoms with Crippen molar-refractivity contribution in [3.05, 3.63) is 89.7 Å². The van der Waals surface area contributed by atoms with Gasteiger partial charge in [0.25, 0.3) is 5.91 Å². The Bertz CT molecular complexity index is 1000. The maximum atomic E-state index is 13.4. The number of carbonyl (C=O) groups is 1. The van der Waals surface area contributed by atoms with Gasteiger partial charge in [0.15, 0.2) is 0 Å². The molecule has 1 aromatic heterocycles. The molecule has 6 heteroatoms. The van der Waals surface area contributed by atoms with E-state index in [9.17, 15) is 4.79 Å². The second-order valence-corrected chi connectivity index (χ2v) is 7.90. The quantitative estimate of drug-likeness (QED) is 0.503. The first-order chi connectivity index (χ1) is 15.7. The van der Waals surface area contributed by atoms with Crippen LogP contribution in [0.15, 0.2) is 72.9 Å². The minimum absolute atomic E-state index is 0.0623. The highest BCUT2D eigenvalue weighted by Crippen LogP contribution is 2.21. The molecule has 2 aromatic carbocycles. The number of hydrogen-bond acceptors (Lipinski definition) is 5. The Balaban J connectivity index is 1.50. The number of ether oxygens (including phenoxy) is 3. The second-order valence-electron chi connectivity index (χ2n) is 7.90. The highest BCUT2D eigenvalue weighted by molar-refractivity contribution is 5.94. The lowest BCUT2D eigenvalue weighted by Gasteiger charge is -2.23. The molecule has 2 heterocycles. The van der Waals surface area contributed by atoms with E-state index in [1.54, 1.807) is 42.5 Å².